The molecule has 0 spiro atoms. The molecule has 0 bridgehead atoms. The van der Waals surface area contributed by atoms with Gasteiger partial charge in [-0.3, -0.25) is 10.1 Å². The van der Waals surface area contributed by atoms with E-state index < -0.39 is 4.92 Å². The van der Waals surface area contributed by atoms with Gasteiger partial charge in [0, 0.05) is 12.3 Å². The summed E-state index contributed by atoms with van der Waals surface area (Å²) in [7, 11) is 0. The van der Waals surface area contributed by atoms with Gasteiger partial charge in [-0.05, 0) is 32.1 Å². The minimum Gasteiger partial charge on any atom is -0.258 e. The fourth-order valence-corrected chi connectivity index (χ4v) is 1.68. The van der Waals surface area contributed by atoms with Crippen molar-refractivity contribution in [2.24, 2.45) is 5.10 Å². The van der Waals surface area contributed by atoms with E-state index in [2.05, 4.69) is 15.3 Å². The van der Waals surface area contributed by atoms with Gasteiger partial charge in [0.05, 0.1) is 10.5 Å². The molecule has 20 heavy (non-hydrogen) atoms. The summed E-state index contributed by atoms with van der Waals surface area (Å²) in [5.41, 5.74) is 0.593. The molecule has 0 aliphatic heterocycles. The summed E-state index contributed by atoms with van der Waals surface area (Å²) in [6.07, 6.45) is 4.82. The fraction of sp³-hybridized carbons (Fsp3) is 0.154. The first kappa shape index (κ1) is 13.6. The molecule has 102 valence electrons. The first-order valence-corrected chi connectivity index (χ1v) is 5.92. The van der Waals surface area contributed by atoms with Crippen LogP contribution in [-0.4, -0.2) is 26.0 Å². The van der Waals surface area contributed by atoms with Crippen LogP contribution in [0.4, 0.5) is 5.69 Å². The Kier molecular flexibility index (Phi) is 3.99. The number of nitrogens with zero attached hydrogens (tertiary/aromatic N) is 5. The topological polar surface area (TPSA) is 86.2 Å². The quantitative estimate of drug-likeness (QED) is 0.485. The molecule has 0 saturated heterocycles. The van der Waals surface area contributed by atoms with Crippen LogP contribution in [0.15, 0.2) is 35.4 Å². The average molecular weight is 271 g/mol. The van der Waals surface area contributed by atoms with Crippen LogP contribution in [0.1, 0.15) is 17.2 Å². The lowest BCUT2D eigenvalue weighted by Crippen LogP contribution is -1.94. The Morgan fingerprint density at radius 1 is 1.25 bits per heavy atom. The monoisotopic (exact) mass is 271 g/mol. The van der Waals surface area contributed by atoms with E-state index in [0.29, 0.717) is 17.2 Å². The smallest absolute Gasteiger partial charge is 0.258 e. The third-order valence-electron chi connectivity index (χ3n) is 2.63. The second-order valence-electron chi connectivity index (χ2n) is 4.05. The van der Waals surface area contributed by atoms with Crippen LogP contribution in [0.2, 0.25) is 0 Å². The number of para-hydroxylation sites is 1. The molecule has 2 rings (SSSR count). The van der Waals surface area contributed by atoms with Crippen LogP contribution < -0.4 is 0 Å². The largest absolute Gasteiger partial charge is 0.276 e. The number of rotatable bonds is 4. The number of allylic oxidation sites excluding steroid dienone is 1. The molecule has 7 nitrogen and oxygen atoms in total. The maximum Gasteiger partial charge on any atom is 0.276 e. The average Bonchev–Trinajstić information content (AvgIpc) is 2.75. The number of hydrogen-bond acceptors (Lipinski definition) is 5. The highest BCUT2D eigenvalue weighted by Crippen LogP contribution is 2.18. The third kappa shape index (κ3) is 2.94. The van der Waals surface area contributed by atoms with Gasteiger partial charge in [0.15, 0.2) is 11.6 Å². The SMILES string of the molecule is Cc1nnc(C)n1/N=C/C=C\c1ccccc1[N+](=O)[O-]. The van der Waals surface area contributed by atoms with E-state index in [1.807, 2.05) is 0 Å². The Morgan fingerprint density at radius 3 is 2.55 bits per heavy atom. The van der Waals surface area contributed by atoms with Crippen molar-refractivity contribution in [1.29, 1.82) is 0 Å². The summed E-state index contributed by atoms with van der Waals surface area (Å²) in [5, 5.41) is 22.8. The molecule has 0 saturated carbocycles. The second kappa shape index (κ2) is 5.87. The Hall–Kier alpha value is -2.83. The van der Waals surface area contributed by atoms with Crippen LogP contribution in [0.5, 0.6) is 0 Å². The van der Waals surface area contributed by atoms with Crippen molar-refractivity contribution in [3.05, 3.63) is 57.7 Å². The van der Waals surface area contributed by atoms with E-state index in [9.17, 15) is 10.1 Å². The molecule has 2 aromatic rings. The number of aryl methyl sites for hydroxylation is 2. The zero-order chi connectivity index (χ0) is 14.5. The van der Waals surface area contributed by atoms with Crippen LogP contribution in [0, 0.1) is 24.0 Å². The molecule has 1 heterocycles. The van der Waals surface area contributed by atoms with Gasteiger partial charge in [0.1, 0.15) is 0 Å². The van der Waals surface area contributed by atoms with Gasteiger partial charge < -0.3 is 0 Å². The molecule has 0 atom stereocenters. The minimum atomic E-state index is -0.412. The maximum absolute atomic E-state index is 10.8. The molecule has 0 amide bonds. The molecular formula is C13H13N5O2. The Bertz CT molecular complexity index is 668. The second-order valence-corrected chi connectivity index (χ2v) is 4.05. The van der Waals surface area contributed by atoms with Gasteiger partial charge >= 0.3 is 0 Å². The van der Waals surface area contributed by atoms with E-state index in [0.717, 1.165) is 0 Å². The Labute approximate surface area is 115 Å². The van der Waals surface area contributed by atoms with Crippen LogP contribution in [-0.2, 0) is 0 Å². The van der Waals surface area contributed by atoms with Crippen molar-refractivity contribution in [2.45, 2.75) is 13.8 Å². The van der Waals surface area contributed by atoms with E-state index in [4.69, 9.17) is 0 Å². The van der Waals surface area contributed by atoms with Gasteiger partial charge in [-0.15, -0.1) is 10.2 Å². The molecule has 0 unspecified atom stereocenters. The van der Waals surface area contributed by atoms with Gasteiger partial charge in [0.2, 0.25) is 0 Å². The van der Waals surface area contributed by atoms with Crippen LogP contribution in [0.25, 0.3) is 6.08 Å². The summed E-state index contributed by atoms with van der Waals surface area (Å²) >= 11 is 0. The molecule has 0 aliphatic rings. The van der Waals surface area contributed by atoms with E-state index in [1.54, 1.807) is 55.1 Å². The van der Waals surface area contributed by atoms with E-state index in [1.165, 1.54) is 6.07 Å². The van der Waals surface area contributed by atoms with Crippen molar-refractivity contribution in [2.75, 3.05) is 0 Å². The van der Waals surface area contributed by atoms with Gasteiger partial charge in [-0.1, -0.05) is 12.1 Å². The van der Waals surface area contributed by atoms with Crippen molar-refractivity contribution in [3.8, 4) is 0 Å². The predicted octanol–water partition coefficient (Wildman–Crippen LogP) is 2.35. The highest BCUT2D eigenvalue weighted by atomic mass is 16.6. The summed E-state index contributed by atoms with van der Waals surface area (Å²) in [6.45, 7) is 3.59. The van der Waals surface area contributed by atoms with Crippen molar-refractivity contribution in [1.82, 2.24) is 14.9 Å². The molecule has 0 aliphatic carbocycles. The first-order chi connectivity index (χ1) is 9.59. The van der Waals surface area contributed by atoms with Crippen molar-refractivity contribution < 1.29 is 4.92 Å². The molecule has 0 N–H and O–H groups in total. The van der Waals surface area contributed by atoms with E-state index >= 15 is 0 Å². The zero-order valence-electron chi connectivity index (χ0n) is 11.1. The molecule has 7 heteroatoms. The lowest BCUT2D eigenvalue weighted by atomic mass is 10.2. The highest BCUT2D eigenvalue weighted by molar-refractivity contribution is 5.79. The van der Waals surface area contributed by atoms with Crippen molar-refractivity contribution in [3.63, 3.8) is 0 Å². The molecule has 1 aromatic carbocycles. The fourth-order valence-electron chi connectivity index (χ4n) is 1.68. The number of nitro groups is 1. The van der Waals surface area contributed by atoms with Gasteiger partial charge in [0.25, 0.3) is 5.69 Å². The minimum absolute atomic E-state index is 0.0637. The number of aromatic nitrogens is 3. The number of nitro benzene ring substituents is 1. The number of benzene rings is 1. The molecule has 0 fully saturated rings. The first-order valence-electron chi connectivity index (χ1n) is 5.92. The maximum atomic E-state index is 10.8. The Morgan fingerprint density at radius 2 is 1.90 bits per heavy atom. The summed E-state index contributed by atoms with van der Waals surface area (Å²) < 4.78 is 1.59. The van der Waals surface area contributed by atoms with Gasteiger partial charge in [-0.2, -0.15) is 5.10 Å². The molecular weight excluding hydrogens is 258 g/mol. The van der Waals surface area contributed by atoms with Crippen LogP contribution in [0.3, 0.4) is 0 Å². The standard InChI is InChI=1S/C13H13N5O2/c1-10-15-16-11(2)17(10)14-9-5-7-12-6-3-4-8-13(12)18(19)20/h3-9H,1-2H3/b7-5-,14-9+. The summed E-state index contributed by atoms with van der Waals surface area (Å²) in [5.74, 6) is 1.36. The van der Waals surface area contributed by atoms with E-state index in [-0.39, 0.29) is 5.69 Å². The molecule has 0 radical (unpaired) electrons. The van der Waals surface area contributed by atoms with Crippen LogP contribution >= 0.6 is 0 Å². The van der Waals surface area contributed by atoms with Crippen molar-refractivity contribution >= 4 is 18.0 Å². The lowest BCUT2D eigenvalue weighted by molar-refractivity contribution is -0.385. The normalized spacial score (nSPS) is 11.5. The highest BCUT2D eigenvalue weighted by Gasteiger charge is 2.08. The molecule has 1 aromatic heterocycles. The predicted molar refractivity (Wildman–Crippen MR) is 75.5 cm³/mol. The summed E-state index contributed by atoms with van der Waals surface area (Å²) in [6, 6.07) is 6.52. The summed E-state index contributed by atoms with van der Waals surface area (Å²) in [4.78, 5) is 10.4. The third-order valence-corrected chi connectivity index (χ3v) is 2.63. The Balaban J connectivity index is 2.17. The lowest BCUT2D eigenvalue weighted by Gasteiger charge is -1.96. The van der Waals surface area contributed by atoms with Gasteiger partial charge in [-0.25, -0.2) is 4.68 Å². The zero-order valence-corrected chi connectivity index (χ0v) is 11.1. The number of hydrogen-bond donors (Lipinski definition) is 0.